The van der Waals surface area contributed by atoms with E-state index in [0.717, 1.165) is 0 Å². The second-order valence-electron chi connectivity index (χ2n) is 3.59. The zero-order valence-electron chi connectivity index (χ0n) is 8.95. The Bertz CT molecular complexity index is 196. The van der Waals surface area contributed by atoms with E-state index < -0.39 is 44.1 Å². The van der Waals surface area contributed by atoms with Crippen LogP contribution in [0.2, 0.25) is 0 Å². The van der Waals surface area contributed by atoms with Gasteiger partial charge in [0.25, 0.3) is 0 Å². The fraction of sp³-hybridized carbons (Fsp3) is 1.00. The minimum atomic E-state index is -3.08. The molecule has 18 heavy (non-hydrogen) atoms. The van der Waals surface area contributed by atoms with Crippen LogP contribution in [0.25, 0.3) is 0 Å². The molecule has 0 aliphatic heterocycles. The average Bonchev–Trinajstić information content (AvgIpc) is 2.12. The zero-order chi connectivity index (χ0) is 13.7. The largest absolute Gasteiger partial charge is 0.820 e. The molecule has 12 heteroatoms. The molecule has 0 aromatic carbocycles. The molecule has 0 heterocycles. The molecule has 1 rings (SSSR count). The maximum absolute atomic E-state index is 10.4. The molecule has 108 valence electrons. The minimum Gasteiger partial charge on any atom is -0.820 e. The summed E-state index contributed by atoms with van der Waals surface area (Å²) in [6, 6.07) is 0. The van der Waals surface area contributed by atoms with Crippen molar-refractivity contribution in [3.63, 3.8) is 0 Å². The first kappa shape index (κ1) is 17.0. The van der Waals surface area contributed by atoms with Gasteiger partial charge in [0.15, 0.2) is 0 Å². The maximum atomic E-state index is 10.4. The van der Waals surface area contributed by atoms with Crippen molar-refractivity contribution >= 4 is 25.8 Å². The van der Waals surface area contributed by atoms with Gasteiger partial charge in [0.1, 0.15) is 0 Å². The van der Waals surface area contributed by atoms with Crippen LogP contribution in [-0.4, -0.2) is 28.1 Å². The molecule has 1 saturated carbocycles. The Morgan fingerprint density at radius 1 is 0.722 bits per heavy atom. The van der Waals surface area contributed by atoms with E-state index in [1.54, 1.807) is 0 Å². The summed E-state index contributed by atoms with van der Waals surface area (Å²) < 4.78 is 13.8. The quantitative estimate of drug-likeness (QED) is 0.501. The third kappa shape index (κ3) is 6.91. The van der Waals surface area contributed by atoms with Crippen LogP contribution in [0.4, 0.5) is 0 Å². The molecule has 0 amide bonds. The van der Waals surface area contributed by atoms with Crippen LogP contribution < -0.4 is 19.6 Å². The number of hydrogen-bond donors (Lipinski definition) is 2. The van der Waals surface area contributed by atoms with Gasteiger partial charge in [-0.1, -0.05) is 0 Å². The van der Waals surface area contributed by atoms with Crippen molar-refractivity contribution in [2.45, 2.75) is 37.6 Å². The molecule has 0 aromatic rings. The van der Waals surface area contributed by atoms with Gasteiger partial charge >= 0.3 is 8.60 Å². The first-order valence-electron chi connectivity index (χ1n) is 4.83. The normalized spacial score (nSPS) is 29.5. The van der Waals surface area contributed by atoms with Crippen LogP contribution in [0.5, 0.6) is 0 Å². The summed E-state index contributed by atoms with van der Waals surface area (Å²) >= 11 is 0. The van der Waals surface area contributed by atoms with Crippen molar-refractivity contribution < 1.29 is 42.9 Å². The van der Waals surface area contributed by atoms with Gasteiger partial charge < -0.3 is 42.9 Å². The molecule has 0 spiro atoms. The van der Waals surface area contributed by atoms with Crippen LogP contribution in [-0.2, 0) is 13.6 Å². The Hall–Kier alpha value is 0.930. The average molecular weight is 320 g/mol. The Balaban J connectivity index is 2.54. The lowest BCUT2D eigenvalue weighted by atomic mass is 9.93. The predicted octanol–water partition coefficient (Wildman–Crippen LogP) is -2.57. The van der Waals surface area contributed by atoms with E-state index in [2.05, 4.69) is 9.05 Å². The van der Waals surface area contributed by atoms with Crippen molar-refractivity contribution in [1.29, 1.82) is 0 Å². The topological polar surface area (TPSA) is 160 Å². The van der Waals surface area contributed by atoms with E-state index in [9.17, 15) is 19.6 Å². The lowest BCUT2D eigenvalue weighted by Gasteiger charge is -2.43. The van der Waals surface area contributed by atoms with Gasteiger partial charge in [-0.3, -0.25) is 0 Å². The van der Waals surface area contributed by atoms with Crippen LogP contribution in [0.15, 0.2) is 0 Å². The first-order valence-corrected chi connectivity index (χ1v) is 8.19. The van der Waals surface area contributed by atoms with Gasteiger partial charge in [-0.05, 0) is 0 Å². The molecule has 2 N–H and O–H groups in total. The molecule has 2 unspecified atom stereocenters. The molecule has 9 nitrogen and oxygen atoms in total. The maximum Gasteiger partial charge on any atom is 0.327 e. The highest BCUT2D eigenvalue weighted by Gasteiger charge is 2.31. The molecule has 1 aliphatic rings. The van der Waals surface area contributed by atoms with Crippen LogP contribution >= 0.6 is 25.8 Å². The smallest absolute Gasteiger partial charge is 0.327 e. The van der Waals surface area contributed by atoms with E-state index in [0.29, 0.717) is 0 Å². The third-order valence-electron chi connectivity index (χ3n) is 2.29. The Kier molecular flexibility index (Phi) is 7.80. The minimum absolute atomic E-state index is 0.0707. The highest BCUT2D eigenvalue weighted by Crippen LogP contribution is 2.38. The SMILES string of the molecule is [O-]P([O-])OC1CC(OP([O-])[O-])CC(OP(O)O)C1. The highest BCUT2D eigenvalue weighted by atomic mass is 31.2. The summed E-state index contributed by atoms with van der Waals surface area (Å²) in [4.78, 5) is 59.2. The van der Waals surface area contributed by atoms with Gasteiger partial charge in [-0.15, -0.1) is 0 Å². The lowest BCUT2D eigenvalue weighted by molar-refractivity contribution is -0.325. The summed E-state index contributed by atoms with van der Waals surface area (Å²) in [6.45, 7) is 0. The second kappa shape index (κ2) is 8.27. The van der Waals surface area contributed by atoms with Gasteiger partial charge in [0, 0.05) is 19.3 Å². The van der Waals surface area contributed by atoms with Gasteiger partial charge in [0.05, 0.1) is 18.3 Å². The second-order valence-corrected chi connectivity index (χ2v) is 5.62. The van der Waals surface area contributed by atoms with Crippen molar-refractivity contribution in [2.75, 3.05) is 0 Å². The van der Waals surface area contributed by atoms with Crippen molar-refractivity contribution in [1.82, 2.24) is 0 Å². The Morgan fingerprint density at radius 3 is 1.33 bits per heavy atom. The summed E-state index contributed by atoms with van der Waals surface area (Å²) in [5, 5.41) is 0. The van der Waals surface area contributed by atoms with Gasteiger partial charge in [-0.2, -0.15) is 17.2 Å². The zero-order valence-corrected chi connectivity index (χ0v) is 11.6. The van der Waals surface area contributed by atoms with E-state index in [1.807, 2.05) is 0 Å². The summed E-state index contributed by atoms with van der Waals surface area (Å²) in [7, 11) is -8.78. The van der Waals surface area contributed by atoms with Crippen molar-refractivity contribution in [3.05, 3.63) is 0 Å². The van der Waals surface area contributed by atoms with Crippen molar-refractivity contribution in [3.8, 4) is 0 Å². The molecule has 0 bridgehead atoms. The monoisotopic (exact) mass is 320 g/mol. The predicted molar refractivity (Wildman–Crippen MR) is 53.7 cm³/mol. The van der Waals surface area contributed by atoms with E-state index in [4.69, 9.17) is 14.3 Å². The van der Waals surface area contributed by atoms with Crippen LogP contribution in [0, 0.1) is 0 Å². The van der Waals surface area contributed by atoms with Gasteiger partial charge in [-0.25, -0.2) is 0 Å². The molecule has 0 aromatic heterocycles. The molecule has 2 atom stereocenters. The van der Waals surface area contributed by atoms with Gasteiger partial charge in [0.2, 0.25) is 0 Å². The van der Waals surface area contributed by atoms with Crippen molar-refractivity contribution in [2.24, 2.45) is 0 Å². The van der Waals surface area contributed by atoms with Crippen LogP contribution in [0.3, 0.4) is 0 Å². The van der Waals surface area contributed by atoms with Crippen LogP contribution in [0.1, 0.15) is 19.3 Å². The summed E-state index contributed by atoms with van der Waals surface area (Å²) in [5.74, 6) is 0. The van der Waals surface area contributed by atoms with E-state index >= 15 is 0 Å². The molecule has 0 radical (unpaired) electrons. The standard InChI is InChI=1S/C6H11O9P3/c7-16(8)13-4-1-5(14-17(9)10)3-6(2-4)15-18(11)12/h4-8H,1-3H2/q-4. The molecule has 0 saturated heterocycles. The van der Waals surface area contributed by atoms with E-state index in [1.165, 1.54) is 0 Å². The fourth-order valence-corrected chi connectivity index (χ4v) is 3.07. The number of hydrogen-bond acceptors (Lipinski definition) is 9. The molecule has 1 aliphatic carbocycles. The first-order chi connectivity index (χ1) is 8.36. The Labute approximate surface area is 107 Å². The molecular formula is C6H11O9P3-4. The summed E-state index contributed by atoms with van der Waals surface area (Å²) in [5.41, 5.74) is 0. The fourth-order valence-electron chi connectivity index (χ4n) is 1.80. The lowest BCUT2D eigenvalue weighted by Crippen LogP contribution is -2.37. The number of rotatable bonds is 6. The van der Waals surface area contributed by atoms with E-state index in [-0.39, 0.29) is 19.3 Å². The summed E-state index contributed by atoms with van der Waals surface area (Å²) in [6.07, 6.45) is -2.06. The molecule has 1 fully saturated rings. The highest BCUT2D eigenvalue weighted by molar-refractivity contribution is 7.39. The molecular weight excluding hydrogens is 309 g/mol. The Morgan fingerprint density at radius 2 is 1.06 bits per heavy atom. The third-order valence-corrected chi connectivity index (χ3v) is 3.72.